The van der Waals surface area contributed by atoms with E-state index >= 15 is 0 Å². The Kier molecular flexibility index (Phi) is 3.99. The Labute approximate surface area is 98.2 Å². The average Bonchev–Trinajstić information content (AvgIpc) is 2.81. The van der Waals surface area contributed by atoms with Crippen LogP contribution in [0.25, 0.3) is 0 Å². The van der Waals surface area contributed by atoms with Gasteiger partial charge in [-0.3, -0.25) is 4.68 Å². The monoisotopic (exact) mass is 221 g/mol. The molecule has 1 aromatic heterocycles. The van der Waals surface area contributed by atoms with Gasteiger partial charge in [-0.15, -0.1) is 0 Å². The van der Waals surface area contributed by atoms with Gasteiger partial charge in [0, 0.05) is 17.8 Å². The van der Waals surface area contributed by atoms with Gasteiger partial charge in [-0.25, -0.2) is 0 Å². The van der Waals surface area contributed by atoms with Crippen molar-refractivity contribution in [3.05, 3.63) is 18.0 Å². The fourth-order valence-corrected chi connectivity index (χ4v) is 2.68. The van der Waals surface area contributed by atoms with E-state index < -0.39 is 0 Å². The molecule has 0 aliphatic heterocycles. The molecule has 1 aliphatic carbocycles. The number of rotatable bonds is 4. The van der Waals surface area contributed by atoms with E-state index in [1.807, 2.05) is 13.2 Å². The maximum absolute atomic E-state index is 4.53. The number of nitrogens with one attached hydrogen (secondary N) is 1. The Hall–Kier alpha value is -0.830. The van der Waals surface area contributed by atoms with Gasteiger partial charge in [0.25, 0.3) is 0 Å². The lowest BCUT2D eigenvalue weighted by Gasteiger charge is -2.22. The van der Waals surface area contributed by atoms with Crippen molar-refractivity contribution in [1.29, 1.82) is 0 Å². The number of hydrogen-bond donors (Lipinski definition) is 1. The summed E-state index contributed by atoms with van der Waals surface area (Å²) in [6, 6.07) is 1.11. The largest absolute Gasteiger partial charge is 0.313 e. The third-order valence-electron chi connectivity index (χ3n) is 3.73. The third kappa shape index (κ3) is 2.46. The van der Waals surface area contributed by atoms with Crippen molar-refractivity contribution >= 4 is 0 Å². The minimum atomic E-state index is 0.456. The van der Waals surface area contributed by atoms with Gasteiger partial charge < -0.3 is 5.32 Å². The Bertz CT molecular complexity index is 309. The van der Waals surface area contributed by atoms with Crippen LogP contribution in [0, 0.1) is 0 Å². The summed E-state index contributed by atoms with van der Waals surface area (Å²) in [5.41, 5.74) is 1.33. The maximum Gasteiger partial charge on any atom is 0.0537 e. The minimum Gasteiger partial charge on any atom is -0.313 e. The molecule has 16 heavy (non-hydrogen) atoms. The molecule has 1 unspecified atom stereocenters. The lowest BCUT2D eigenvalue weighted by Crippen LogP contribution is -2.15. The Morgan fingerprint density at radius 1 is 1.44 bits per heavy atom. The van der Waals surface area contributed by atoms with Gasteiger partial charge >= 0.3 is 0 Å². The summed E-state index contributed by atoms with van der Waals surface area (Å²) in [5.74, 6) is 0. The molecule has 0 bridgehead atoms. The molecule has 2 rings (SSSR count). The number of nitrogens with zero attached hydrogens (tertiary/aromatic N) is 2. The molecule has 0 amide bonds. The van der Waals surface area contributed by atoms with Gasteiger partial charge in [0.15, 0.2) is 0 Å². The van der Waals surface area contributed by atoms with E-state index in [9.17, 15) is 0 Å². The van der Waals surface area contributed by atoms with E-state index in [0.717, 1.165) is 6.42 Å². The standard InChI is InChI=1S/C13H23N3/c1-3-13(14-2)11-9-15-16(10-11)12-7-5-4-6-8-12/h9-10,12-14H,3-8H2,1-2H3. The fourth-order valence-electron chi connectivity index (χ4n) is 2.68. The molecule has 0 aromatic carbocycles. The van der Waals surface area contributed by atoms with Crippen LogP contribution in [0.3, 0.4) is 0 Å². The first kappa shape index (κ1) is 11.6. The summed E-state index contributed by atoms with van der Waals surface area (Å²) in [6.07, 6.45) is 12.1. The Morgan fingerprint density at radius 2 is 2.19 bits per heavy atom. The summed E-state index contributed by atoms with van der Waals surface area (Å²) >= 11 is 0. The van der Waals surface area contributed by atoms with Crippen molar-refractivity contribution in [2.45, 2.75) is 57.5 Å². The fraction of sp³-hybridized carbons (Fsp3) is 0.769. The highest BCUT2D eigenvalue weighted by Crippen LogP contribution is 2.28. The van der Waals surface area contributed by atoms with Gasteiger partial charge in [-0.1, -0.05) is 26.2 Å². The lowest BCUT2D eigenvalue weighted by molar-refractivity contribution is 0.329. The lowest BCUT2D eigenvalue weighted by atomic mass is 9.96. The van der Waals surface area contributed by atoms with Crippen LogP contribution < -0.4 is 5.32 Å². The first-order valence-corrected chi connectivity index (χ1v) is 6.56. The highest BCUT2D eigenvalue weighted by molar-refractivity contribution is 5.10. The van der Waals surface area contributed by atoms with Crippen molar-refractivity contribution < 1.29 is 0 Å². The quantitative estimate of drug-likeness (QED) is 0.847. The van der Waals surface area contributed by atoms with Gasteiger partial charge in [-0.2, -0.15) is 5.10 Å². The highest BCUT2D eigenvalue weighted by Gasteiger charge is 2.17. The SMILES string of the molecule is CCC(NC)c1cnn(C2CCCCC2)c1. The molecule has 0 radical (unpaired) electrons. The molecule has 0 spiro atoms. The predicted molar refractivity (Wildman–Crippen MR) is 66.4 cm³/mol. The Balaban J connectivity index is 2.05. The van der Waals surface area contributed by atoms with Crippen molar-refractivity contribution in [1.82, 2.24) is 15.1 Å². The van der Waals surface area contributed by atoms with Crippen LogP contribution in [0.2, 0.25) is 0 Å². The molecule has 3 nitrogen and oxygen atoms in total. The summed E-state index contributed by atoms with van der Waals surface area (Å²) < 4.78 is 2.19. The topological polar surface area (TPSA) is 29.9 Å². The summed E-state index contributed by atoms with van der Waals surface area (Å²) in [7, 11) is 2.02. The molecule has 90 valence electrons. The zero-order valence-corrected chi connectivity index (χ0v) is 10.4. The van der Waals surface area contributed by atoms with Crippen LogP contribution in [0.4, 0.5) is 0 Å². The summed E-state index contributed by atoms with van der Waals surface area (Å²) in [4.78, 5) is 0. The summed E-state index contributed by atoms with van der Waals surface area (Å²) in [6.45, 7) is 2.21. The molecule has 1 heterocycles. The predicted octanol–water partition coefficient (Wildman–Crippen LogP) is 3.06. The van der Waals surface area contributed by atoms with Gasteiger partial charge in [-0.05, 0) is 26.3 Å². The Morgan fingerprint density at radius 3 is 2.81 bits per heavy atom. The molecule has 3 heteroatoms. The van der Waals surface area contributed by atoms with Crippen molar-refractivity contribution in [3.63, 3.8) is 0 Å². The number of aromatic nitrogens is 2. The second-order valence-electron chi connectivity index (χ2n) is 4.80. The maximum atomic E-state index is 4.53. The molecular weight excluding hydrogens is 198 g/mol. The van der Waals surface area contributed by atoms with E-state index in [-0.39, 0.29) is 0 Å². The van der Waals surface area contributed by atoms with E-state index in [1.54, 1.807) is 0 Å². The van der Waals surface area contributed by atoms with Crippen LogP contribution in [-0.2, 0) is 0 Å². The third-order valence-corrected chi connectivity index (χ3v) is 3.73. The molecule has 1 saturated carbocycles. The van der Waals surface area contributed by atoms with Crippen LogP contribution in [0.15, 0.2) is 12.4 Å². The van der Waals surface area contributed by atoms with Crippen molar-refractivity contribution in [2.24, 2.45) is 0 Å². The van der Waals surface area contributed by atoms with Crippen LogP contribution in [0.1, 0.15) is 63.1 Å². The van der Waals surface area contributed by atoms with E-state index in [4.69, 9.17) is 0 Å². The minimum absolute atomic E-state index is 0.456. The first-order chi connectivity index (χ1) is 7.85. The van der Waals surface area contributed by atoms with Crippen LogP contribution in [0.5, 0.6) is 0 Å². The molecule has 1 aliphatic rings. The second kappa shape index (κ2) is 5.48. The normalized spacial score (nSPS) is 19.9. The van der Waals surface area contributed by atoms with Crippen molar-refractivity contribution in [3.8, 4) is 0 Å². The second-order valence-corrected chi connectivity index (χ2v) is 4.80. The zero-order chi connectivity index (χ0) is 11.4. The highest BCUT2D eigenvalue weighted by atomic mass is 15.3. The molecule has 1 aromatic rings. The zero-order valence-electron chi connectivity index (χ0n) is 10.4. The smallest absolute Gasteiger partial charge is 0.0537 e. The molecular formula is C13H23N3. The number of hydrogen-bond acceptors (Lipinski definition) is 2. The van der Waals surface area contributed by atoms with Crippen LogP contribution in [-0.4, -0.2) is 16.8 Å². The molecule has 1 atom stereocenters. The summed E-state index contributed by atoms with van der Waals surface area (Å²) in [5, 5.41) is 7.86. The molecule has 0 saturated heterocycles. The van der Waals surface area contributed by atoms with Gasteiger partial charge in [0.05, 0.1) is 12.2 Å². The van der Waals surface area contributed by atoms with E-state index in [0.29, 0.717) is 12.1 Å². The molecule has 1 N–H and O–H groups in total. The van der Waals surface area contributed by atoms with Crippen LogP contribution >= 0.6 is 0 Å². The average molecular weight is 221 g/mol. The molecule has 1 fully saturated rings. The van der Waals surface area contributed by atoms with Gasteiger partial charge in [0.1, 0.15) is 0 Å². The first-order valence-electron chi connectivity index (χ1n) is 6.56. The van der Waals surface area contributed by atoms with Gasteiger partial charge in [0.2, 0.25) is 0 Å². The van der Waals surface area contributed by atoms with E-state index in [2.05, 4.69) is 28.2 Å². The van der Waals surface area contributed by atoms with Crippen molar-refractivity contribution in [2.75, 3.05) is 7.05 Å². The van der Waals surface area contributed by atoms with E-state index in [1.165, 1.54) is 37.7 Å².